The lowest BCUT2D eigenvalue weighted by Crippen LogP contribution is -2.61. The van der Waals surface area contributed by atoms with Gasteiger partial charge in [-0.3, -0.25) is 33.2 Å². The Labute approximate surface area is 324 Å². The van der Waals surface area contributed by atoms with E-state index in [1.165, 1.54) is 72.7 Å². The standard InChI is InChI=1S/C32H42N10O12S2/c1-38-27(43)25(28(44)39(2)31(38)47)36-34-19-9-11-21(23(17-19)42(55(49)50)14-8-16-54-6)22-12-10-20(18-24(22)56(51,52)33-13-7-15-53-5)35-37-26-29(45)40(3)32(48)41(4)30(26)46/h9-12,17-18,25-26,32-33,48H,7-8,13-16H2,1-6H3,(H,49,50)/p-1. The van der Waals surface area contributed by atoms with Gasteiger partial charge in [0.1, 0.15) is 0 Å². The second kappa shape index (κ2) is 18.7. The van der Waals surface area contributed by atoms with E-state index in [0.717, 1.165) is 20.2 Å². The van der Waals surface area contributed by atoms with Crippen LogP contribution < -0.4 is 9.03 Å². The molecule has 0 aromatic heterocycles. The number of nitrogens with zero attached hydrogens (tertiary/aromatic N) is 9. The highest BCUT2D eigenvalue weighted by atomic mass is 32.2. The summed E-state index contributed by atoms with van der Waals surface area (Å²) in [5, 5.41) is 25.9. The first-order valence-electron chi connectivity index (χ1n) is 16.7. The number of ether oxygens (including phenoxy) is 2. The van der Waals surface area contributed by atoms with Crippen molar-refractivity contribution in [1.29, 1.82) is 0 Å². The van der Waals surface area contributed by atoms with Gasteiger partial charge in [-0.2, -0.15) is 20.5 Å². The maximum absolute atomic E-state index is 13.9. The quantitative estimate of drug-likeness (QED) is 0.0954. The summed E-state index contributed by atoms with van der Waals surface area (Å²) in [6.45, 7) is 0.203. The lowest BCUT2D eigenvalue weighted by atomic mass is 10.0. The Hall–Kier alpha value is -5.11. The largest absolute Gasteiger partial charge is 0.755 e. The van der Waals surface area contributed by atoms with Crippen LogP contribution in [-0.2, 0) is 49.9 Å². The number of rotatable bonds is 17. The van der Waals surface area contributed by atoms with Crippen LogP contribution in [0, 0.1) is 0 Å². The van der Waals surface area contributed by atoms with Crippen molar-refractivity contribution in [3.63, 3.8) is 0 Å². The van der Waals surface area contributed by atoms with Crippen LogP contribution in [0.15, 0.2) is 61.8 Å². The highest BCUT2D eigenvalue weighted by Crippen LogP contribution is 2.40. The molecule has 1 unspecified atom stereocenters. The minimum atomic E-state index is -4.41. The Kier molecular flexibility index (Phi) is 14.6. The van der Waals surface area contributed by atoms with E-state index < -0.39 is 74.3 Å². The van der Waals surface area contributed by atoms with Crippen LogP contribution >= 0.6 is 0 Å². The number of benzene rings is 2. The van der Waals surface area contributed by atoms with Crippen LogP contribution in [0.2, 0.25) is 0 Å². The summed E-state index contributed by atoms with van der Waals surface area (Å²) in [6, 6.07) is 3.52. The molecule has 2 heterocycles. The Morgan fingerprint density at radius 2 is 1.30 bits per heavy atom. The molecule has 2 N–H and O–H groups in total. The van der Waals surface area contributed by atoms with Crippen LogP contribution in [0.5, 0.6) is 0 Å². The zero-order valence-corrected chi connectivity index (χ0v) is 32.9. The van der Waals surface area contributed by atoms with E-state index in [1.807, 2.05) is 0 Å². The van der Waals surface area contributed by atoms with Crippen LogP contribution in [0.1, 0.15) is 12.8 Å². The number of hydrogen-bond donors (Lipinski definition) is 2. The number of methoxy groups -OCH3 is 2. The molecule has 0 bridgehead atoms. The highest BCUT2D eigenvalue weighted by Gasteiger charge is 2.44. The molecule has 1 atom stereocenters. The molecule has 0 radical (unpaired) electrons. The number of hydrogen-bond acceptors (Lipinski definition) is 16. The van der Waals surface area contributed by atoms with Crippen LogP contribution in [-0.4, -0.2) is 159 Å². The van der Waals surface area contributed by atoms with Crippen LogP contribution in [0.4, 0.5) is 21.9 Å². The number of barbiturate groups is 1. The number of sulfonamides is 1. The third kappa shape index (κ3) is 9.46. The van der Waals surface area contributed by atoms with Crippen molar-refractivity contribution in [2.75, 3.05) is 73.0 Å². The number of aliphatic hydroxyl groups excluding tert-OH is 1. The number of anilines is 1. The normalized spacial score (nSPS) is 19.3. The molecule has 24 heteroatoms. The van der Waals surface area contributed by atoms with E-state index >= 15 is 0 Å². The Morgan fingerprint density at radius 1 is 0.804 bits per heavy atom. The monoisotopic (exact) mass is 821 g/mol. The van der Waals surface area contributed by atoms with Crippen molar-refractivity contribution in [3.8, 4) is 11.1 Å². The van der Waals surface area contributed by atoms with E-state index in [1.54, 1.807) is 0 Å². The van der Waals surface area contributed by atoms with E-state index in [0.29, 0.717) is 16.2 Å². The molecule has 304 valence electrons. The summed E-state index contributed by atoms with van der Waals surface area (Å²) >= 11 is -2.95. The van der Waals surface area contributed by atoms with E-state index in [4.69, 9.17) is 9.47 Å². The van der Waals surface area contributed by atoms with Crippen molar-refractivity contribution in [2.45, 2.75) is 36.2 Å². The van der Waals surface area contributed by atoms with E-state index in [-0.39, 0.29) is 60.9 Å². The van der Waals surface area contributed by atoms with Gasteiger partial charge in [-0.05, 0) is 37.1 Å². The van der Waals surface area contributed by atoms with Gasteiger partial charge in [0.2, 0.25) is 28.5 Å². The Balaban J connectivity index is 1.87. The summed E-state index contributed by atoms with van der Waals surface area (Å²) in [7, 11) is 3.34. The van der Waals surface area contributed by atoms with Gasteiger partial charge in [-0.25, -0.2) is 17.9 Å². The molecular weight excluding hydrogens is 781 g/mol. The molecule has 2 saturated heterocycles. The third-order valence-corrected chi connectivity index (χ3v) is 10.9. The average Bonchev–Trinajstić information content (AvgIpc) is 3.18. The molecule has 6 amide bonds. The predicted molar refractivity (Wildman–Crippen MR) is 195 cm³/mol. The summed E-state index contributed by atoms with van der Waals surface area (Å²) in [5.74, 6) is -3.56. The Bertz CT molecular complexity index is 2000. The molecule has 22 nitrogen and oxygen atoms in total. The maximum atomic E-state index is 13.9. The number of nitrogens with one attached hydrogen (secondary N) is 1. The number of carbonyl (C=O) groups is 5. The molecule has 2 fully saturated rings. The van der Waals surface area contributed by atoms with Gasteiger partial charge in [0, 0.05) is 91.1 Å². The van der Waals surface area contributed by atoms with Crippen LogP contribution in [0.25, 0.3) is 11.1 Å². The summed E-state index contributed by atoms with van der Waals surface area (Å²) in [5.41, 5.74) is -0.172. The van der Waals surface area contributed by atoms with Crippen molar-refractivity contribution in [3.05, 3.63) is 36.4 Å². The van der Waals surface area contributed by atoms with Gasteiger partial charge in [0.25, 0.3) is 23.6 Å². The maximum Gasteiger partial charge on any atom is 0.333 e. The fourth-order valence-corrected chi connectivity index (χ4v) is 7.38. The minimum absolute atomic E-state index is 0.0179. The molecule has 2 aliphatic heterocycles. The fourth-order valence-electron chi connectivity index (χ4n) is 5.47. The average molecular weight is 822 g/mol. The van der Waals surface area contributed by atoms with Crippen molar-refractivity contribution in [2.24, 2.45) is 20.5 Å². The lowest BCUT2D eigenvalue weighted by molar-refractivity contribution is -0.177. The molecule has 2 aromatic rings. The van der Waals surface area contributed by atoms with Gasteiger partial charge in [-0.15, -0.1) is 0 Å². The zero-order valence-electron chi connectivity index (χ0n) is 31.2. The highest BCUT2D eigenvalue weighted by molar-refractivity contribution is 7.89. The van der Waals surface area contributed by atoms with Crippen molar-refractivity contribution < 1.29 is 55.7 Å². The molecule has 4 rings (SSSR count). The Morgan fingerprint density at radius 3 is 1.84 bits per heavy atom. The van der Waals surface area contributed by atoms with Crippen molar-refractivity contribution >= 4 is 68.0 Å². The smallest absolute Gasteiger partial charge is 0.333 e. The first-order chi connectivity index (χ1) is 26.5. The van der Waals surface area contributed by atoms with E-state index in [2.05, 4.69) is 25.2 Å². The van der Waals surface area contributed by atoms with Crippen molar-refractivity contribution in [1.82, 2.24) is 24.3 Å². The number of amides is 6. The zero-order chi connectivity index (χ0) is 41.5. The number of urea groups is 1. The molecule has 0 spiro atoms. The lowest BCUT2D eigenvalue weighted by Gasteiger charge is -2.37. The van der Waals surface area contributed by atoms with Gasteiger partial charge >= 0.3 is 6.03 Å². The molecule has 2 aliphatic rings. The summed E-state index contributed by atoms with van der Waals surface area (Å²) in [6.07, 6.45) is -1.02. The molecular formula is C32H41N10O12S2-. The summed E-state index contributed by atoms with van der Waals surface area (Å²) in [4.78, 5) is 65.9. The second-order valence-corrected chi connectivity index (χ2v) is 15.0. The number of aliphatic hydroxyl groups is 1. The number of carbonyl (C=O) groups excluding carboxylic acids is 5. The molecule has 0 saturated carbocycles. The summed E-state index contributed by atoms with van der Waals surface area (Å²) < 4.78 is 66.8. The first-order valence-corrected chi connectivity index (χ1v) is 19.2. The number of imide groups is 2. The number of azo groups is 2. The SMILES string of the molecule is COCCCNS(=O)(=O)c1cc(N=NC2C(=O)N(C)C(O)N(C)C2=O)ccc1-c1ccc(N=NC2C(=O)N(C)C(=O)N(C)C2=O)cc1N(CCCOC)S(=O)[O-]. The molecule has 56 heavy (non-hydrogen) atoms. The topological polar surface area (TPSA) is 276 Å². The molecule has 2 aromatic carbocycles. The van der Waals surface area contributed by atoms with Gasteiger partial charge in [-0.1, -0.05) is 12.1 Å². The van der Waals surface area contributed by atoms with Gasteiger partial charge in [0.05, 0.1) is 22.0 Å². The number of likely N-dealkylation sites (N-methyl/N-ethyl adjacent to an activating group) is 4. The van der Waals surface area contributed by atoms with Gasteiger partial charge in [0.15, 0.2) is 0 Å². The van der Waals surface area contributed by atoms with Crippen LogP contribution in [0.3, 0.4) is 0 Å². The second-order valence-electron chi connectivity index (χ2n) is 12.3. The molecule has 0 aliphatic carbocycles. The third-order valence-electron chi connectivity index (χ3n) is 8.64. The minimum Gasteiger partial charge on any atom is -0.755 e. The fraction of sp³-hybridized carbons (Fsp3) is 0.469. The van der Waals surface area contributed by atoms with Gasteiger partial charge < -0.3 is 33.2 Å². The first kappa shape index (κ1) is 43.6. The van der Waals surface area contributed by atoms with E-state index in [9.17, 15) is 46.3 Å². The predicted octanol–water partition coefficient (Wildman–Crippen LogP) is 0.467.